The van der Waals surface area contributed by atoms with E-state index in [2.05, 4.69) is 5.32 Å². The standard InChI is InChI=1S/C23H26Cl4N2O3/c1-4-20(23(31)28-11-14(2)3)29(12-15-5-7-17(25)18(26)9-15)22(30)13-32-21-8-6-16(24)10-19(21)27/h5-10,14,20H,4,11-13H2,1-3H3,(H,28,31)/t20-/m1/s1. The van der Waals surface area contributed by atoms with Gasteiger partial charge in [0.25, 0.3) is 5.91 Å². The van der Waals surface area contributed by atoms with E-state index in [1.165, 1.54) is 11.0 Å². The number of halogens is 4. The number of carbonyl (C=O) groups excluding carboxylic acids is 2. The molecule has 174 valence electrons. The fourth-order valence-electron chi connectivity index (χ4n) is 2.99. The highest BCUT2D eigenvalue weighted by Crippen LogP contribution is 2.28. The summed E-state index contributed by atoms with van der Waals surface area (Å²) in [6, 6.07) is 9.17. The predicted octanol–water partition coefficient (Wildman–Crippen LogP) is 6.26. The molecule has 0 radical (unpaired) electrons. The Balaban J connectivity index is 2.24. The first-order chi connectivity index (χ1) is 15.1. The Morgan fingerprint density at radius 3 is 2.31 bits per heavy atom. The molecule has 2 rings (SSSR count). The first-order valence-corrected chi connectivity index (χ1v) is 11.7. The first kappa shape index (κ1) is 26.6. The summed E-state index contributed by atoms with van der Waals surface area (Å²) in [5.74, 6) is 0.0232. The molecule has 9 heteroatoms. The lowest BCUT2D eigenvalue weighted by Gasteiger charge is -2.31. The molecule has 0 saturated heterocycles. The first-order valence-electron chi connectivity index (χ1n) is 10.2. The molecule has 0 unspecified atom stereocenters. The molecule has 2 amide bonds. The Bertz CT molecular complexity index is 953. The summed E-state index contributed by atoms with van der Waals surface area (Å²) in [5, 5.41) is 4.45. The van der Waals surface area contributed by atoms with Gasteiger partial charge in [0.2, 0.25) is 5.91 Å². The van der Waals surface area contributed by atoms with Crippen LogP contribution in [-0.4, -0.2) is 35.9 Å². The Morgan fingerprint density at radius 2 is 1.72 bits per heavy atom. The molecule has 2 aromatic rings. The topological polar surface area (TPSA) is 58.6 Å². The number of rotatable bonds is 10. The largest absolute Gasteiger partial charge is 0.482 e. The lowest BCUT2D eigenvalue weighted by Crippen LogP contribution is -2.50. The average Bonchev–Trinajstić information content (AvgIpc) is 2.73. The van der Waals surface area contributed by atoms with Gasteiger partial charge in [-0.25, -0.2) is 0 Å². The molecule has 0 saturated carbocycles. The summed E-state index contributed by atoms with van der Waals surface area (Å²) in [6.45, 7) is 6.25. The van der Waals surface area contributed by atoms with Crippen LogP contribution >= 0.6 is 46.4 Å². The van der Waals surface area contributed by atoms with Crippen molar-refractivity contribution < 1.29 is 14.3 Å². The number of hydrogen-bond acceptors (Lipinski definition) is 3. The van der Waals surface area contributed by atoms with Crippen LogP contribution in [0.15, 0.2) is 36.4 Å². The fourth-order valence-corrected chi connectivity index (χ4v) is 3.78. The van der Waals surface area contributed by atoms with E-state index in [0.717, 1.165) is 5.56 Å². The predicted molar refractivity (Wildman–Crippen MR) is 131 cm³/mol. The van der Waals surface area contributed by atoms with Gasteiger partial charge in [-0.15, -0.1) is 0 Å². The van der Waals surface area contributed by atoms with Crippen molar-refractivity contribution in [3.8, 4) is 5.75 Å². The summed E-state index contributed by atoms with van der Waals surface area (Å²) in [4.78, 5) is 27.5. The van der Waals surface area contributed by atoms with Crippen molar-refractivity contribution in [3.05, 3.63) is 62.1 Å². The van der Waals surface area contributed by atoms with Gasteiger partial charge in [0.1, 0.15) is 11.8 Å². The Labute approximate surface area is 208 Å². The van der Waals surface area contributed by atoms with Crippen LogP contribution in [0, 0.1) is 5.92 Å². The minimum Gasteiger partial charge on any atom is -0.482 e. The van der Waals surface area contributed by atoms with E-state index < -0.39 is 6.04 Å². The van der Waals surface area contributed by atoms with Gasteiger partial charge in [0.15, 0.2) is 6.61 Å². The Kier molecular flexibility index (Phi) is 10.4. The van der Waals surface area contributed by atoms with Crippen LogP contribution in [0.4, 0.5) is 0 Å². The average molecular weight is 520 g/mol. The molecular weight excluding hydrogens is 494 g/mol. The molecule has 5 nitrogen and oxygen atoms in total. The molecule has 0 aliphatic carbocycles. The second kappa shape index (κ2) is 12.5. The minimum absolute atomic E-state index is 0.168. The van der Waals surface area contributed by atoms with Gasteiger partial charge in [-0.3, -0.25) is 9.59 Å². The maximum atomic E-state index is 13.2. The summed E-state index contributed by atoms with van der Waals surface area (Å²) in [5.41, 5.74) is 0.743. The number of nitrogens with one attached hydrogen (secondary N) is 1. The maximum Gasteiger partial charge on any atom is 0.261 e. The second-order valence-corrected chi connectivity index (χ2v) is 9.35. The van der Waals surface area contributed by atoms with E-state index in [1.807, 2.05) is 20.8 Å². The van der Waals surface area contributed by atoms with Crippen molar-refractivity contribution in [1.82, 2.24) is 10.2 Å². The van der Waals surface area contributed by atoms with Crippen molar-refractivity contribution in [3.63, 3.8) is 0 Å². The lowest BCUT2D eigenvalue weighted by atomic mass is 10.1. The van der Waals surface area contributed by atoms with Gasteiger partial charge in [0, 0.05) is 18.1 Å². The van der Waals surface area contributed by atoms with Gasteiger partial charge in [-0.1, -0.05) is 73.2 Å². The molecule has 0 spiro atoms. The molecule has 0 fully saturated rings. The fraction of sp³-hybridized carbons (Fsp3) is 0.391. The molecule has 0 aliphatic rings. The normalized spacial score (nSPS) is 11.9. The van der Waals surface area contributed by atoms with Crippen molar-refractivity contribution in [2.75, 3.05) is 13.2 Å². The molecule has 1 atom stereocenters. The van der Waals surface area contributed by atoms with Crippen molar-refractivity contribution in [2.45, 2.75) is 39.8 Å². The van der Waals surface area contributed by atoms with Gasteiger partial charge in [-0.05, 0) is 48.2 Å². The maximum absolute atomic E-state index is 13.2. The van der Waals surface area contributed by atoms with Crippen LogP contribution in [0.5, 0.6) is 5.75 Å². The quantitative estimate of drug-likeness (QED) is 0.403. The van der Waals surface area contributed by atoms with E-state index >= 15 is 0 Å². The summed E-state index contributed by atoms with van der Waals surface area (Å²) in [7, 11) is 0. The van der Waals surface area contributed by atoms with E-state index in [-0.39, 0.29) is 30.9 Å². The molecule has 0 bridgehead atoms. The van der Waals surface area contributed by atoms with Crippen LogP contribution in [0.2, 0.25) is 20.1 Å². The zero-order chi connectivity index (χ0) is 23.8. The summed E-state index contributed by atoms with van der Waals surface area (Å²) < 4.78 is 5.63. The highest BCUT2D eigenvalue weighted by Gasteiger charge is 2.29. The monoisotopic (exact) mass is 518 g/mol. The number of carbonyl (C=O) groups is 2. The number of benzene rings is 2. The van der Waals surface area contributed by atoms with E-state index in [4.69, 9.17) is 51.1 Å². The zero-order valence-electron chi connectivity index (χ0n) is 18.1. The SMILES string of the molecule is CC[C@H](C(=O)NCC(C)C)N(Cc1ccc(Cl)c(Cl)c1)C(=O)COc1ccc(Cl)cc1Cl. The van der Waals surface area contributed by atoms with Crippen LogP contribution in [-0.2, 0) is 16.1 Å². The molecule has 2 aromatic carbocycles. The van der Waals surface area contributed by atoms with Crippen LogP contribution in [0.1, 0.15) is 32.8 Å². The minimum atomic E-state index is -0.681. The summed E-state index contributed by atoms with van der Waals surface area (Å²) in [6.07, 6.45) is 0.429. The third-order valence-corrected chi connectivity index (χ3v) is 5.92. The Morgan fingerprint density at radius 1 is 1.00 bits per heavy atom. The van der Waals surface area contributed by atoms with Gasteiger partial charge >= 0.3 is 0 Å². The van der Waals surface area contributed by atoms with Crippen LogP contribution in [0.3, 0.4) is 0 Å². The van der Waals surface area contributed by atoms with Crippen LogP contribution < -0.4 is 10.1 Å². The smallest absolute Gasteiger partial charge is 0.261 e. The van der Waals surface area contributed by atoms with Gasteiger partial charge in [-0.2, -0.15) is 0 Å². The van der Waals surface area contributed by atoms with Crippen molar-refractivity contribution in [1.29, 1.82) is 0 Å². The highest BCUT2D eigenvalue weighted by atomic mass is 35.5. The molecule has 0 heterocycles. The number of nitrogens with zero attached hydrogens (tertiary/aromatic N) is 1. The number of hydrogen-bond donors (Lipinski definition) is 1. The number of ether oxygens (including phenoxy) is 1. The summed E-state index contributed by atoms with van der Waals surface area (Å²) >= 11 is 24.2. The third-order valence-electron chi connectivity index (χ3n) is 4.65. The van der Waals surface area contributed by atoms with Crippen LogP contribution in [0.25, 0.3) is 0 Å². The molecular formula is C23H26Cl4N2O3. The van der Waals surface area contributed by atoms with E-state index in [1.54, 1.807) is 30.3 Å². The highest BCUT2D eigenvalue weighted by molar-refractivity contribution is 6.42. The van der Waals surface area contributed by atoms with E-state index in [0.29, 0.717) is 38.8 Å². The lowest BCUT2D eigenvalue weighted by molar-refractivity contribution is -0.143. The van der Waals surface area contributed by atoms with Gasteiger partial charge in [0.05, 0.1) is 15.1 Å². The Hall–Kier alpha value is -1.66. The van der Waals surface area contributed by atoms with Crippen molar-refractivity contribution in [2.24, 2.45) is 5.92 Å². The molecule has 32 heavy (non-hydrogen) atoms. The number of amides is 2. The molecule has 0 aromatic heterocycles. The molecule has 0 aliphatic heterocycles. The van der Waals surface area contributed by atoms with E-state index in [9.17, 15) is 9.59 Å². The molecule has 1 N–H and O–H groups in total. The zero-order valence-corrected chi connectivity index (χ0v) is 21.2. The second-order valence-electron chi connectivity index (χ2n) is 7.70. The van der Waals surface area contributed by atoms with Crippen molar-refractivity contribution >= 4 is 58.2 Å². The van der Waals surface area contributed by atoms with Gasteiger partial charge < -0.3 is 15.0 Å². The third kappa shape index (κ3) is 7.73.